The van der Waals surface area contributed by atoms with Gasteiger partial charge in [0.1, 0.15) is 5.00 Å². The Balaban J connectivity index is 2.05. The summed E-state index contributed by atoms with van der Waals surface area (Å²) in [6, 6.07) is 1.61. The zero-order valence-electron chi connectivity index (χ0n) is 11.6. The predicted octanol–water partition coefficient (Wildman–Crippen LogP) is 1.97. The van der Waals surface area contributed by atoms with Crippen molar-refractivity contribution in [2.75, 3.05) is 12.1 Å². The van der Waals surface area contributed by atoms with Gasteiger partial charge in [-0.05, 0) is 32.8 Å². The smallest absolute Gasteiger partial charge is 0.349 e. The first-order valence-electron chi connectivity index (χ1n) is 6.39. The van der Waals surface area contributed by atoms with Crippen LogP contribution in [0.1, 0.15) is 35.0 Å². The van der Waals surface area contributed by atoms with Gasteiger partial charge >= 0.3 is 17.9 Å². The highest BCUT2D eigenvalue weighted by atomic mass is 32.1. The summed E-state index contributed by atoms with van der Waals surface area (Å²) in [5.74, 6) is -2.57. The molecule has 0 bridgehead atoms. The Kier molecular flexibility index (Phi) is 4.17. The molecule has 1 aliphatic rings. The molecule has 1 aliphatic carbocycles. The fourth-order valence-corrected chi connectivity index (χ4v) is 2.61. The number of carbonyl (C=O) groups is 3. The third-order valence-corrected chi connectivity index (χ3v) is 4.08. The van der Waals surface area contributed by atoms with Crippen molar-refractivity contribution < 1.29 is 29.1 Å². The molecule has 0 aromatic carbocycles. The van der Waals surface area contributed by atoms with E-state index in [4.69, 9.17) is 14.7 Å². The molecule has 2 N–H and O–H groups in total. The van der Waals surface area contributed by atoms with E-state index in [1.807, 2.05) is 0 Å². The maximum absolute atomic E-state index is 11.8. The molecule has 0 amide bonds. The molecule has 7 nitrogen and oxygen atoms in total. The third kappa shape index (κ3) is 2.99. The largest absolute Gasteiger partial charge is 0.480 e. The van der Waals surface area contributed by atoms with Crippen molar-refractivity contribution in [2.45, 2.75) is 26.7 Å². The minimum atomic E-state index is -1.44. The summed E-state index contributed by atoms with van der Waals surface area (Å²) in [7, 11) is 0. The first kappa shape index (κ1) is 15.3. The molecule has 1 saturated carbocycles. The number of hydrogen-bond acceptors (Lipinski definition) is 7. The monoisotopic (exact) mass is 313 g/mol. The minimum Gasteiger partial charge on any atom is -0.480 e. The summed E-state index contributed by atoms with van der Waals surface area (Å²) in [5, 5.41) is 9.31. The molecule has 0 unspecified atom stereocenters. The fourth-order valence-electron chi connectivity index (χ4n) is 1.77. The van der Waals surface area contributed by atoms with E-state index in [9.17, 15) is 14.4 Å². The van der Waals surface area contributed by atoms with Crippen LogP contribution in [0.25, 0.3) is 0 Å². The summed E-state index contributed by atoms with van der Waals surface area (Å²) in [4.78, 5) is 40.2. The second-order valence-corrected chi connectivity index (χ2v) is 5.96. The molecule has 2 rings (SSSR count). The van der Waals surface area contributed by atoms with Gasteiger partial charge in [0.2, 0.25) is 0 Å². The van der Waals surface area contributed by atoms with E-state index < -0.39 is 23.3 Å². The van der Waals surface area contributed by atoms with Crippen molar-refractivity contribution in [3.05, 3.63) is 16.5 Å². The number of carboxylic acids is 1. The second-order valence-electron chi connectivity index (χ2n) is 4.70. The zero-order chi connectivity index (χ0) is 15.6. The average molecular weight is 313 g/mol. The number of esters is 1. The molecule has 1 heterocycles. The van der Waals surface area contributed by atoms with Gasteiger partial charge in [-0.25, -0.2) is 15.1 Å². The van der Waals surface area contributed by atoms with E-state index in [2.05, 4.69) is 5.48 Å². The molecule has 0 saturated heterocycles. The maximum Gasteiger partial charge on any atom is 0.349 e. The Bertz CT molecular complexity index is 589. The van der Waals surface area contributed by atoms with Crippen LogP contribution >= 0.6 is 11.3 Å². The Morgan fingerprint density at radius 2 is 2.10 bits per heavy atom. The molecule has 8 heteroatoms. The van der Waals surface area contributed by atoms with Crippen molar-refractivity contribution in [2.24, 2.45) is 5.41 Å². The number of thiophene rings is 1. The SMILES string of the molecule is CCOC(=O)c1cc(C)sc1NOC(=O)C1(C(=O)O)CC1. The van der Waals surface area contributed by atoms with E-state index >= 15 is 0 Å². The number of rotatable bonds is 6. The molecule has 0 spiro atoms. The highest BCUT2D eigenvalue weighted by Gasteiger charge is 2.59. The molecule has 21 heavy (non-hydrogen) atoms. The summed E-state index contributed by atoms with van der Waals surface area (Å²) >= 11 is 1.21. The van der Waals surface area contributed by atoms with Crippen LogP contribution in [0.4, 0.5) is 5.00 Å². The van der Waals surface area contributed by atoms with Crippen LogP contribution < -0.4 is 5.48 Å². The first-order chi connectivity index (χ1) is 9.90. The quantitative estimate of drug-likeness (QED) is 0.470. The molecular formula is C13H15NO6S. The highest BCUT2D eigenvalue weighted by molar-refractivity contribution is 7.16. The lowest BCUT2D eigenvalue weighted by Crippen LogP contribution is -2.29. The van der Waals surface area contributed by atoms with Gasteiger partial charge in [-0.2, -0.15) is 0 Å². The molecule has 1 aromatic heterocycles. The van der Waals surface area contributed by atoms with Crippen molar-refractivity contribution >= 4 is 34.2 Å². The van der Waals surface area contributed by atoms with Gasteiger partial charge in [0.25, 0.3) is 0 Å². The topological polar surface area (TPSA) is 102 Å². The third-order valence-electron chi connectivity index (χ3n) is 3.14. The normalized spacial score (nSPS) is 15.1. The lowest BCUT2D eigenvalue weighted by molar-refractivity contribution is -0.159. The van der Waals surface area contributed by atoms with Gasteiger partial charge in [0, 0.05) is 4.88 Å². The summed E-state index contributed by atoms with van der Waals surface area (Å²) in [6.45, 7) is 3.71. The van der Waals surface area contributed by atoms with Crippen molar-refractivity contribution in [3.63, 3.8) is 0 Å². The molecule has 1 aromatic rings. The van der Waals surface area contributed by atoms with E-state index in [0.29, 0.717) is 5.00 Å². The van der Waals surface area contributed by atoms with Gasteiger partial charge in [0.15, 0.2) is 5.41 Å². The van der Waals surface area contributed by atoms with Crippen LogP contribution in [0.3, 0.4) is 0 Å². The number of aliphatic carboxylic acids is 1. The molecular weight excluding hydrogens is 298 g/mol. The fraction of sp³-hybridized carbons (Fsp3) is 0.462. The van der Waals surface area contributed by atoms with Crippen molar-refractivity contribution in [1.29, 1.82) is 0 Å². The van der Waals surface area contributed by atoms with E-state index in [1.54, 1.807) is 19.9 Å². The Labute approximate surface area is 124 Å². The summed E-state index contributed by atoms with van der Waals surface area (Å²) in [5.41, 5.74) is 1.19. The van der Waals surface area contributed by atoms with Gasteiger partial charge in [-0.1, -0.05) is 0 Å². The lowest BCUT2D eigenvalue weighted by atomic mass is 10.1. The maximum atomic E-state index is 11.8. The molecule has 114 valence electrons. The van der Waals surface area contributed by atoms with Crippen LogP contribution in [-0.4, -0.2) is 29.6 Å². The number of anilines is 1. The Morgan fingerprint density at radius 3 is 2.62 bits per heavy atom. The van der Waals surface area contributed by atoms with E-state index in [-0.39, 0.29) is 25.0 Å². The lowest BCUT2D eigenvalue weighted by Gasteiger charge is -2.10. The highest BCUT2D eigenvalue weighted by Crippen LogP contribution is 2.47. The van der Waals surface area contributed by atoms with Crippen LogP contribution in [-0.2, 0) is 19.2 Å². The number of aryl methyl sites for hydroxylation is 1. The molecule has 0 radical (unpaired) electrons. The van der Waals surface area contributed by atoms with Gasteiger partial charge in [-0.3, -0.25) is 4.79 Å². The summed E-state index contributed by atoms with van der Waals surface area (Å²) < 4.78 is 4.90. The van der Waals surface area contributed by atoms with Crippen LogP contribution in [0.15, 0.2) is 6.07 Å². The minimum absolute atomic E-state index is 0.231. The van der Waals surface area contributed by atoms with E-state index in [1.165, 1.54) is 11.3 Å². The molecule has 0 aliphatic heterocycles. The second kappa shape index (κ2) is 5.72. The number of ether oxygens (including phenoxy) is 1. The van der Waals surface area contributed by atoms with Gasteiger partial charge < -0.3 is 14.7 Å². The van der Waals surface area contributed by atoms with Crippen molar-refractivity contribution in [1.82, 2.24) is 0 Å². The van der Waals surface area contributed by atoms with Gasteiger partial charge in [-0.15, -0.1) is 11.3 Å². The van der Waals surface area contributed by atoms with Crippen LogP contribution in [0, 0.1) is 12.3 Å². The standard InChI is InChI=1S/C13H15NO6S/c1-3-19-10(15)8-6-7(2)21-9(8)14-20-12(18)13(4-5-13)11(16)17/h6,14H,3-5H2,1-2H3,(H,16,17). The first-order valence-corrected chi connectivity index (χ1v) is 7.20. The predicted molar refractivity (Wildman–Crippen MR) is 74.0 cm³/mol. The number of carbonyl (C=O) groups excluding carboxylic acids is 2. The number of hydrogen-bond donors (Lipinski definition) is 2. The van der Waals surface area contributed by atoms with Crippen molar-refractivity contribution in [3.8, 4) is 0 Å². The van der Waals surface area contributed by atoms with Crippen LogP contribution in [0.2, 0.25) is 0 Å². The van der Waals surface area contributed by atoms with Crippen LogP contribution in [0.5, 0.6) is 0 Å². The van der Waals surface area contributed by atoms with E-state index in [0.717, 1.165) is 4.88 Å². The Hall–Kier alpha value is -2.09. The Morgan fingerprint density at radius 1 is 1.43 bits per heavy atom. The number of carboxylic acid groups (broad SMARTS) is 1. The molecule has 1 fully saturated rings. The number of nitrogens with one attached hydrogen (secondary N) is 1. The summed E-state index contributed by atoms with van der Waals surface area (Å²) in [6.07, 6.45) is 0.522. The molecule has 0 atom stereocenters. The van der Waals surface area contributed by atoms with Gasteiger partial charge in [0.05, 0.1) is 12.2 Å². The average Bonchev–Trinajstić information content (AvgIpc) is 3.15. The zero-order valence-corrected chi connectivity index (χ0v) is 12.4.